The topological polar surface area (TPSA) is 152 Å². The molecule has 12 heteroatoms. The molecule has 3 N–H and O–H groups in total. The van der Waals surface area contributed by atoms with Crippen molar-refractivity contribution in [3.05, 3.63) is 18.5 Å². The number of H-pyrrole nitrogens is 1. The Morgan fingerprint density at radius 1 is 1.14 bits per heavy atom. The van der Waals surface area contributed by atoms with Gasteiger partial charge < -0.3 is 25.4 Å². The highest BCUT2D eigenvalue weighted by Gasteiger charge is 2.38. The Hall–Kier alpha value is -4.14. The molecule has 0 unspecified atom stereocenters. The van der Waals surface area contributed by atoms with Crippen molar-refractivity contribution in [3.63, 3.8) is 0 Å². The van der Waals surface area contributed by atoms with Crippen LogP contribution in [-0.4, -0.2) is 80.1 Å². The second-order valence-corrected chi connectivity index (χ2v) is 10.5. The first kappa shape index (κ1) is 23.3. The van der Waals surface area contributed by atoms with Crippen LogP contribution < -0.4 is 10.6 Å². The van der Waals surface area contributed by atoms with Crippen LogP contribution in [0.15, 0.2) is 18.5 Å². The van der Waals surface area contributed by atoms with Crippen LogP contribution in [0.5, 0.6) is 0 Å². The molecule has 2 atom stereocenters. The van der Waals surface area contributed by atoms with Crippen molar-refractivity contribution in [2.45, 2.75) is 32.2 Å². The molecular weight excluding hydrogens is 474 g/mol. The van der Waals surface area contributed by atoms with Gasteiger partial charge in [0.2, 0.25) is 0 Å². The number of aromatic nitrogens is 4. The van der Waals surface area contributed by atoms with E-state index in [2.05, 4.69) is 33.6 Å². The fraction of sp³-hybridized carbons (Fsp3) is 0.520. The Morgan fingerprint density at radius 2 is 1.95 bits per heavy atom. The zero-order chi connectivity index (χ0) is 25.7. The summed E-state index contributed by atoms with van der Waals surface area (Å²) in [6.07, 6.45) is 6.39. The Morgan fingerprint density at radius 3 is 2.70 bits per heavy atom. The van der Waals surface area contributed by atoms with Gasteiger partial charge in [0.05, 0.1) is 28.9 Å². The number of fused-ring (bicyclic) bond motifs is 3. The number of carbonyl (C=O) groups excluding carboxylic acids is 3. The average Bonchev–Trinajstić information content (AvgIpc) is 3.45. The lowest BCUT2D eigenvalue weighted by Gasteiger charge is -2.43. The summed E-state index contributed by atoms with van der Waals surface area (Å²) in [5, 5.41) is 20.7. The van der Waals surface area contributed by atoms with Gasteiger partial charge in [0.1, 0.15) is 5.65 Å². The van der Waals surface area contributed by atoms with Crippen LogP contribution in [0.2, 0.25) is 0 Å². The van der Waals surface area contributed by atoms with Gasteiger partial charge in [-0.15, -0.1) is 0 Å². The number of hydrogen-bond acceptors (Lipinski definition) is 6. The lowest BCUT2D eigenvalue weighted by atomic mass is 9.93. The summed E-state index contributed by atoms with van der Waals surface area (Å²) in [5.74, 6) is -0.600. The van der Waals surface area contributed by atoms with E-state index in [1.165, 1.54) is 0 Å². The number of hydrogen-bond donors (Lipinski definition) is 3. The number of nitriles is 1. The SMILES string of the molecule is C[C@@H]1CCN(C(=O)N2CC(C#N)C2)C[C@@H]1n1nc(NC(=O)C(=O)NCC2CC2)c2cnc3[nH]ccc3c21. The average molecular weight is 504 g/mol. The monoisotopic (exact) mass is 503 g/mol. The second-order valence-electron chi connectivity index (χ2n) is 10.5. The quantitative estimate of drug-likeness (QED) is 0.462. The molecule has 1 aliphatic carbocycles. The van der Waals surface area contributed by atoms with E-state index >= 15 is 0 Å². The molecule has 192 valence electrons. The maximum atomic E-state index is 13.1. The van der Waals surface area contributed by atoms with Gasteiger partial charge in [0.25, 0.3) is 0 Å². The van der Waals surface area contributed by atoms with E-state index < -0.39 is 11.8 Å². The number of rotatable bonds is 4. The largest absolute Gasteiger partial charge is 0.348 e. The highest BCUT2D eigenvalue weighted by atomic mass is 16.2. The molecule has 12 nitrogen and oxygen atoms in total. The number of aromatic amines is 1. The summed E-state index contributed by atoms with van der Waals surface area (Å²) < 4.78 is 1.88. The van der Waals surface area contributed by atoms with E-state index in [1.54, 1.807) is 17.3 Å². The number of pyridine rings is 1. The summed E-state index contributed by atoms with van der Waals surface area (Å²) in [6, 6.07) is 3.91. The molecule has 3 aromatic heterocycles. The molecule has 0 spiro atoms. The smallest absolute Gasteiger partial charge is 0.320 e. The number of amides is 4. The number of likely N-dealkylation sites (tertiary alicyclic amines) is 2. The van der Waals surface area contributed by atoms with E-state index in [4.69, 9.17) is 10.4 Å². The zero-order valence-electron chi connectivity index (χ0n) is 20.6. The molecule has 1 saturated carbocycles. The van der Waals surface area contributed by atoms with Crippen molar-refractivity contribution in [3.8, 4) is 6.07 Å². The van der Waals surface area contributed by atoms with Gasteiger partial charge in [-0.05, 0) is 37.2 Å². The summed E-state index contributed by atoms with van der Waals surface area (Å²) in [6.45, 7) is 4.65. The van der Waals surface area contributed by atoms with Crippen molar-refractivity contribution >= 4 is 45.6 Å². The maximum absolute atomic E-state index is 13.1. The molecular formula is C25H29N9O3. The minimum absolute atomic E-state index is 0.0609. The maximum Gasteiger partial charge on any atom is 0.320 e. The first-order chi connectivity index (χ1) is 17.9. The third-order valence-electron chi connectivity index (χ3n) is 7.77. The molecule has 5 heterocycles. The number of anilines is 1. The number of urea groups is 1. The van der Waals surface area contributed by atoms with Crippen molar-refractivity contribution < 1.29 is 14.4 Å². The van der Waals surface area contributed by atoms with Crippen LogP contribution in [0.3, 0.4) is 0 Å². The number of nitrogens with zero attached hydrogens (tertiary/aromatic N) is 6. The number of piperidine rings is 1. The van der Waals surface area contributed by atoms with Crippen LogP contribution in [0.25, 0.3) is 21.9 Å². The molecule has 0 aromatic carbocycles. The van der Waals surface area contributed by atoms with Gasteiger partial charge in [-0.1, -0.05) is 6.92 Å². The van der Waals surface area contributed by atoms with Crippen LogP contribution in [0.4, 0.5) is 10.6 Å². The molecule has 3 aromatic rings. The minimum Gasteiger partial charge on any atom is -0.348 e. The van der Waals surface area contributed by atoms with Gasteiger partial charge in [-0.25, -0.2) is 9.78 Å². The Kier molecular flexibility index (Phi) is 5.70. The van der Waals surface area contributed by atoms with E-state index in [9.17, 15) is 14.4 Å². The third-order valence-corrected chi connectivity index (χ3v) is 7.77. The fourth-order valence-electron chi connectivity index (χ4n) is 5.22. The van der Waals surface area contributed by atoms with Crippen molar-refractivity contribution in [1.29, 1.82) is 5.26 Å². The highest BCUT2D eigenvalue weighted by molar-refractivity contribution is 6.40. The van der Waals surface area contributed by atoms with E-state index in [-0.39, 0.29) is 29.7 Å². The Balaban J connectivity index is 1.30. The molecule has 0 radical (unpaired) electrons. The predicted octanol–water partition coefficient (Wildman–Crippen LogP) is 1.84. The molecule has 3 fully saturated rings. The van der Waals surface area contributed by atoms with Gasteiger partial charge in [0, 0.05) is 50.5 Å². The normalized spacial score (nSPS) is 22.1. The zero-order valence-corrected chi connectivity index (χ0v) is 20.6. The van der Waals surface area contributed by atoms with E-state index in [0.717, 1.165) is 30.2 Å². The van der Waals surface area contributed by atoms with Crippen molar-refractivity contribution in [2.75, 3.05) is 38.0 Å². The lowest BCUT2D eigenvalue weighted by molar-refractivity contribution is -0.136. The summed E-state index contributed by atoms with van der Waals surface area (Å²) >= 11 is 0. The van der Waals surface area contributed by atoms with Gasteiger partial charge >= 0.3 is 17.8 Å². The van der Waals surface area contributed by atoms with Gasteiger partial charge in [-0.2, -0.15) is 10.4 Å². The fourth-order valence-corrected chi connectivity index (χ4v) is 5.22. The second kappa shape index (κ2) is 9.06. The van der Waals surface area contributed by atoms with Crippen LogP contribution >= 0.6 is 0 Å². The summed E-state index contributed by atoms with van der Waals surface area (Å²) in [5.41, 5.74) is 1.48. The van der Waals surface area contributed by atoms with Crippen LogP contribution in [0.1, 0.15) is 32.2 Å². The first-order valence-electron chi connectivity index (χ1n) is 12.8. The molecule has 4 amide bonds. The molecule has 2 saturated heterocycles. The Labute approximate surface area is 213 Å². The number of carbonyl (C=O) groups is 3. The molecule has 37 heavy (non-hydrogen) atoms. The lowest BCUT2D eigenvalue weighted by Crippen LogP contribution is -2.57. The standard InChI is InChI=1S/C25H29N9O3/c1-14-5-7-32(25(37)33-11-16(8-26)12-33)13-19(14)34-20-17-4-6-27-21(17)28-10-18(20)22(31-34)30-24(36)23(35)29-9-15-2-3-15/h4,6,10,14-16,19H,2-3,5,7,9,11-13H2,1H3,(H,27,28)(H,29,35)(H,30,31,36)/t14-,19+/m1/s1. The van der Waals surface area contributed by atoms with Crippen LogP contribution in [0, 0.1) is 29.1 Å². The van der Waals surface area contributed by atoms with Crippen molar-refractivity contribution in [2.24, 2.45) is 17.8 Å². The third kappa shape index (κ3) is 4.24. The summed E-state index contributed by atoms with van der Waals surface area (Å²) in [7, 11) is 0. The van der Waals surface area contributed by atoms with Crippen molar-refractivity contribution in [1.82, 2.24) is 34.9 Å². The summed E-state index contributed by atoms with van der Waals surface area (Å²) in [4.78, 5) is 49.3. The molecule has 0 bridgehead atoms. The first-order valence-corrected chi connectivity index (χ1v) is 12.8. The molecule has 3 aliphatic rings. The van der Waals surface area contributed by atoms with E-state index in [1.807, 2.05) is 15.6 Å². The van der Waals surface area contributed by atoms with Gasteiger partial charge in [-0.3, -0.25) is 14.3 Å². The number of nitrogens with one attached hydrogen (secondary N) is 3. The highest BCUT2D eigenvalue weighted by Crippen LogP contribution is 2.36. The van der Waals surface area contributed by atoms with Crippen LogP contribution in [-0.2, 0) is 9.59 Å². The minimum atomic E-state index is -0.764. The predicted molar refractivity (Wildman–Crippen MR) is 134 cm³/mol. The molecule has 6 rings (SSSR count). The molecule has 2 aliphatic heterocycles. The van der Waals surface area contributed by atoms with Gasteiger partial charge in [0.15, 0.2) is 5.82 Å². The van der Waals surface area contributed by atoms with E-state index in [0.29, 0.717) is 49.7 Å². The Bertz CT molecular complexity index is 1430.